The van der Waals surface area contributed by atoms with Crippen LogP contribution in [0.3, 0.4) is 0 Å². The maximum Gasteiger partial charge on any atom is 0.317 e. The lowest BCUT2D eigenvalue weighted by atomic mass is 9.85. The van der Waals surface area contributed by atoms with E-state index in [2.05, 4.69) is 62.2 Å². The van der Waals surface area contributed by atoms with Crippen molar-refractivity contribution in [2.45, 2.75) is 52.4 Å². The number of urea groups is 1. The maximum absolute atomic E-state index is 12.2. The van der Waals surface area contributed by atoms with Crippen molar-refractivity contribution >= 4 is 11.7 Å². The first kappa shape index (κ1) is 18.6. The molecule has 0 aromatic heterocycles. The molecule has 4 heteroatoms. The molecule has 1 saturated heterocycles. The van der Waals surface area contributed by atoms with Crippen LogP contribution in [0.2, 0.25) is 0 Å². The molecule has 0 bridgehead atoms. The summed E-state index contributed by atoms with van der Waals surface area (Å²) in [6.45, 7) is 13.1. The molecule has 24 heavy (non-hydrogen) atoms. The summed E-state index contributed by atoms with van der Waals surface area (Å²) in [4.78, 5) is 16.6. The van der Waals surface area contributed by atoms with Crippen molar-refractivity contribution in [3.63, 3.8) is 0 Å². The van der Waals surface area contributed by atoms with Gasteiger partial charge in [-0.1, -0.05) is 58.7 Å². The molecule has 0 spiro atoms. The van der Waals surface area contributed by atoms with E-state index < -0.39 is 0 Å². The first-order valence-electron chi connectivity index (χ1n) is 9.30. The molecule has 1 aliphatic heterocycles. The van der Waals surface area contributed by atoms with Gasteiger partial charge in [-0.15, -0.1) is 0 Å². The average molecular weight is 332 g/mol. The third-order valence-corrected chi connectivity index (χ3v) is 4.68. The number of carbonyl (C=O) groups is 1. The molecule has 0 saturated carbocycles. The Balaban J connectivity index is 1.90. The predicted molar refractivity (Wildman–Crippen MR) is 102 cm³/mol. The zero-order valence-electron chi connectivity index (χ0n) is 15.8. The largest absolute Gasteiger partial charge is 0.368 e. The maximum atomic E-state index is 12.2. The molecule has 1 aliphatic rings. The minimum absolute atomic E-state index is 0.0925. The smallest absolute Gasteiger partial charge is 0.317 e. The van der Waals surface area contributed by atoms with Crippen LogP contribution < -0.4 is 10.2 Å². The van der Waals surface area contributed by atoms with E-state index in [4.69, 9.17) is 0 Å². The molecule has 0 unspecified atom stereocenters. The highest BCUT2D eigenvalue weighted by molar-refractivity contribution is 5.74. The zero-order chi connectivity index (χ0) is 17.6. The summed E-state index contributed by atoms with van der Waals surface area (Å²) in [7, 11) is 0. The monoisotopic (exact) mass is 331 g/mol. The van der Waals surface area contributed by atoms with Crippen molar-refractivity contribution in [2.75, 3.05) is 37.6 Å². The van der Waals surface area contributed by atoms with Crippen LogP contribution in [0.4, 0.5) is 10.5 Å². The third kappa shape index (κ3) is 4.89. The highest BCUT2D eigenvalue weighted by Gasteiger charge is 2.25. The summed E-state index contributed by atoms with van der Waals surface area (Å²) in [5.74, 6) is 0. The number of anilines is 1. The summed E-state index contributed by atoms with van der Waals surface area (Å²) in [6, 6.07) is 8.75. The van der Waals surface area contributed by atoms with Crippen LogP contribution in [-0.2, 0) is 5.41 Å². The molecular formula is C20H33N3O. The van der Waals surface area contributed by atoms with Gasteiger partial charge in [-0.2, -0.15) is 0 Å². The summed E-state index contributed by atoms with van der Waals surface area (Å²) >= 11 is 0. The van der Waals surface area contributed by atoms with Gasteiger partial charge in [-0.25, -0.2) is 4.79 Å². The van der Waals surface area contributed by atoms with E-state index in [1.54, 1.807) is 0 Å². The fourth-order valence-corrected chi connectivity index (χ4v) is 3.22. The van der Waals surface area contributed by atoms with Crippen LogP contribution in [0, 0.1) is 0 Å². The number of nitrogens with one attached hydrogen (secondary N) is 1. The number of unbranched alkanes of at least 4 members (excludes halogenated alkanes) is 2. The van der Waals surface area contributed by atoms with Crippen molar-refractivity contribution in [1.82, 2.24) is 10.2 Å². The first-order chi connectivity index (χ1) is 11.4. The Labute approximate surface area is 147 Å². The average Bonchev–Trinajstić information content (AvgIpc) is 2.58. The lowest BCUT2D eigenvalue weighted by Crippen LogP contribution is -2.52. The molecule has 1 heterocycles. The van der Waals surface area contributed by atoms with E-state index in [1.807, 2.05) is 4.90 Å². The summed E-state index contributed by atoms with van der Waals surface area (Å²) in [5.41, 5.74) is 2.82. The highest BCUT2D eigenvalue weighted by atomic mass is 16.2. The molecule has 4 nitrogen and oxygen atoms in total. The van der Waals surface area contributed by atoms with E-state index in [0.717, 1.165) is 39.1 Å². The Kier molecular flexibility index (Phi) is 6.52. The Morgan fingerprint density at radius 3 is 2.38 bits per heavy atom. The highest BCUT2D eigenvalue weighted by Crippen LogP contribution is 2.32. The number of amides is 2. The summed E-state index contributed by atoms with van der Waals surface area (Å²) < 4.78 is 0. The number of hydrogen-bond donors (Lipinski definition) is 1. The van der Waals surface area contributed by atoms with Gasteiger partial charge in [0.2, 0.25) is 0 Å². The Morgan fingerprint density at radius 2 is 1.75 bits per heavy atom. The van der Waals surface area contributed by atoms with Crippen LogP contribution in [0.5, 0.6) is 0 Å². The van der Waals surface area contributed by atoms with E-state index in [0.29, 0.717) is 0 Å². The van der Waals surface area contributed by atoms with Crippen LogP contribution in [-0.4, -0.2) is 43.7 Å². The third-order valence-electron chi connectivity index (χ3n) is 4.68. The van der Waals surface area contributed by atoms with Crippen molar-refractivity contribution in [3.8, 4) is 0 Å². The second-order valence-electron chi connectivity index (χ2n) is 7.68. The van der Waals surface area contributed by atoms with Gasteiger partial charge in [0.25, 0.3) is 0 Å². The quantitative estimate of drug-likeness (QED) is 0.828. The zero-order valence-corrected chi connectivity index (χ0v) is 15.8. The molecule has 1 aromatic carbocycles. The number of benzene rings is 1. The van der Waals surface area contributed by atoms with Crippen LogP contribution in [0.1, 0.15) is 52.5 Å². The van der Waals surface area contributed by atoms with Gasteiger partial charge >= 0.3 is 6.03 Å². The molecular weight excluding hydrogens is 298 g/mol. The second-order valence-corrected chi connectivity index (χ2v) is 7.68. The molecule has 134 valence electrons. The number of rotatable bonds is 5. The first-order valence-corrected chi connectivity index (χ1v) is 9.30. The van der Waals surface area contributed by atoms with Gasteiger partial charge in [-0.3, -0.25) is 0 Å². The second kappa shape index (κ2) is 8.41. The predicted octanol–water partition coefficient (Wildman–Crippen LogP) is 4.01. The number of piperazine rings is 1. The number of carbonyl (C=O) groups excluding carboxylic acids is 1. The summed E-state index contributed by atoms with van der Waals surface area (Å²) in [6.07, 6.45) is 3.43. The molecule has 1 aromatic rings. The lowest BCUT2D eigenvalue weighted by Gasteiger charge is -2.38. The standard InChI is InChI=1S/C20H33N3O/c1-5-6-9-12-21-19(24)23-15-13-22(14-16-23)18-11-8-7-10-17(18)20(2,3)4/h7-8,10-11H,5-6,9,12-16H2,1-4H3,(H,21,24). The fourth-order valence-electron chi connectivity index (χ4n) is 3.22. The van der Waals surface area contributed by atoms with Crippen molar-refractivity contribution in [3.05, 3.63) is 29.8 Å². The van der Waals surface area contributed by atoms with Crippen LogP contribution >= 0.6 is 0 Å². The van der Waals surface area contributed by atoms with Gasteiger partial charge in [0.05, 0.1) is 0 Å². The van der Waals surface area contributed by atoms with E-state index in [-0.39, 0.29) is 11.4 Å². The normalized spacial score (nSPS) is 15.5. The Bertz CT molecular complexity index is 528. The van der Waals surface area contributed by atoms with E-state index >= 15 is 0 Å². The fraction of sp³-hybridized carbons (Fsp3) is 0.650. The van der Waals surface area contributed by atoms with Crippen molar-refractivity contribution in [2.24, 2.45) is 0 Å². The molecule has 1 N–H and O–H groups in total. The van der Waals surface area contributed by atoms with E-state index in [9.17, 15) is 4.79 Å². The molecule has 0 radical (unpaired) electrons. The van der Waals surface area contributed by atoms with Crippen LogP contribution in [0.15, 0.2) is 24.3 Å². The van der Waals surface area contributed by atoms with Gasteiger partial charge in [0.1, 0.15) is 0 Å². The van der Waals surface area contributed by atoms with Gasteiger partial charge < -0.3 is 15.1 Å². The van der Waals surface area contributed by atoms with Gasteiger partial charge in [0.15, 0.2) is 0 Å². The lowest BCUT2D eigenvalue weighted by molar-refractivity contribution is 0.194. The molecule has 0 aliphatic carbocycles. The molecule has 0 atom stereocenters. The molecule has 2 rings (SSSR count). The summed E-state index contributed by atoms with van der Waals surface area (Å²) in [5, 5.41) is 3.05. The molecule has 2 amide bonds. The van der Waals surface area contributed by atoms with Crippen molar-refractivity contribution in [1.29, 1.82) is 0 Å². The van der Waals surface area contributed by atoms with E-state index in [1.165, 1.54) is 24.1 Å². The number of nitrogens with zero attached hydrogens (tertiary/aromatic N) is 2. The minimum Gasteiger partial charge on any atom is -0.368 e. The van der Waals surface area contributed by atoms with Gasteiger partial charge in [-0.05, 0) is 23.5 Å². The number of hydrogen-bond acceptors (Lipinski definition) is 2. The Morgan fingerprint density at radius 1 is 1.08 bits per heavy atom. The van der Waals surface area contributed by atoms with Crippen molar-refractivity contribution < 1.29 is 4.79 Å². The van der Waals surface area contributed by atoms with Crippen LogP contribution in [0.25, 0.3) is 0 Å². The van der Waals surface area contributed by atoms with Gasteiger partial charge in [0, 0.05) is 38.4 Å². The number of para-hydroxylation sites is 1. The minimum atomic E-state index is 0.0925. The topological polar surface area (TPSA) is 35.6 Å². The Hall–Kier alpha value is -1.71. The molecule has 1 fully saturated rings. The SMILES string of the molecule is CCCCCNC(=O)N1CCN(c2ccccc2C(C)(C)C)CC1.